The van der Waals surface area contributed by atoms with Crippen molar-refractivity contribution >= 4 is 10.9 Å². The molecule has 0 saturated heterocycles. The molecule has 1 aliphatic rings. The smallest absolute Gasteiger partial charge is 0.0486 e. The number of benzene rings is 1. The van der Waals surface area contributed by atoms with Crippen molar-refractivity contribution in [1.82, 2.24) is 9.47 Å². The molecule has 0 spiro atoms. The molecular weight excluding hydrogens is 246 g/mol. The van der Waals surface area contributed by atoms with Gasteiger partial charge in [0.05, 0.1) is 0 Å². The second kappa shape index (κ2) is 4.90. The fourth-order valence-electron chi connectivity index (χ4n) is 3.37. The maximum Gasteiger partial charge on any atom is 0.0486 e. The molecule has 1 unspecified atom stereocenters. The zero-order valence-electron chi connectivity index (χ0n) is 13.0. The van der Waals surface area contributed by atoms with E-state index in [1.54, 1.807) is 0 Å². The van der Waals surface area contributed by atoms with Crippen molar-refractivity contribution in [1.29, 1.82) is 0 Å². The van der Waals surface area contributed by atoms with E-state index < -0.39 is 0 Å². The fourth-order valence-corrected chi connectivity index (χ4v) is 3.37. The SMILES string of the molecule is CCC(N)Cc1c(C)n(C)c2cc3c(cc12)CN(C)C3. The molecule has 1 atom stereocenters. The maximum absolute atomic E-state index is 6.19. The molecular formula is C17H25N3. The largest absolute Gasteiger partial charge is 0.348 e. The van der Waals surface area contributed by atoms with Crippen molar-refractivity contribution in [2.24, 2.45) is 12.8 Å². The zero-order valence-corrected chi connectivity index (χ0v) is 13.0. The summed E-state index contributed by atoms with van der Waals surface area (Å²) in [7, 11) is 4.35. The van der Waals surface area contributed by atoms with Crippen LogP contribution in [0.3, 0.4) is 0 Å². The molecule has 0 radical (unpaired) electrons. The Balaban J connectivity index is 2.15. The first-order valence-corrected chi connectivity index (χ1v) is 7.55. The highest BCUT2D eigenvalue weighted by Gasteiger charge is 2.20. The third-order valence-electron chi connectivity index (χ3n) is 4.82. The molecule has 3 rings (SSSR count). The van der Waals surface area contributed by atoms with Gasteiger partial charge in [0.25, 0.3) is 0 Å². The van der Waals surface area contributed by atoms with Gasteiger partial charge in [0.1, 0.15) is 0 Å². The van der Waals surface area contributed by atoms with Crippen molar-refractivity contribution in [3.8, 4) is 0 Å². The maximum atomic E-state index is 6.19. The minimum absolute atomic E-state index is 0.259. The minimum Gasteiger partial charge on any atom is -0.348 e. The van der Waals surface area contributed by atoms with Gasteiger partial charge in [0, 0.05) is 42.8 Å². The Morgan fingerprint density at radius 3 is 2.50 bits per heavy atom. The Hall–Kier alpha value is -1.32. The highest BCUT2D eigenvalue weighted by molar-refractivity contribution is 5.87. The summed E-state index contributed by atoms with van der Waals surface area (Å²) in [4.78, 5) is 2.37. The van der Waals surface area contributed by atoms with Gasteiger partial charge >= 0.3 is 0 Å². The van der Waals surface area contributed by atoms with Gasteiger partial charge in [0.2, 0.25) is 0 Å². The van der Waals surface area contributed by atoms with E-state index in [-0.39, 0.29) is 6.04 Å². The lowest BCUT2D eigenvalue weighted by molar-refractivity contribution is 0.353. The first-order chi connectivity index (χ1) is 9.51. The second-order valence-corrected chi connectivity index (χ2v) is 6.31. The van der Waals surface area contributed by atoms with Crippen molar-refractivity contribution in [3.63, 3.8) is 0 Å². The normalized spacial score (nSPS) is 16.9. The van der Waals surface area contributed by atoms with Crippen LogP contribution in [-0.2, 0) is 26.6 Å². The number of hydrogen-bond donors (Lipinski definition) is 1. The van der Waals surface area contributed by atoms with Gasteiger partial charge in [-0.2, -0.15) is 0 Å². The summed E-state index contributed by atoms with van der Waals surface area (Å²) in [5, 5.41) is 1.41. The Kier molecular flexibility index (Phi) is 3.35. The van der Waals surface area contributed by atoms with Crippen LogP contribution in [-0.4, -0.2) is 22.6 Å². The molecule has 0 bridgehead atoms. The van der Waals surface area contributed by atoms with Gasteiger partial charge in [-0.15, -0.1) is 0 Å². The number of hydrogen-bond acceptors (Lipinski definition) is 2. The van der Waals surface area contributed by atoms with Crippen LogP contribution in [0.4, 0.5) is 0 Å². The Bertz CT molecular complexity index is 654. The molecule has 2 aromatic rings. The quantitative estimate of drug-likeness (QED) is 0.931. The fraction of sp³-hybridized carbons (Fsp3) is 0.529. The van der Waals surface area contributed by atoms with Crippen LogP contribution >= 0.6 is 0 Å². The number of nitrogens with zero attached hydrogens (tertiary/aromatic N) is 2. The molecule has 0 saturated carbocycles. The van der Waals surface area contributed by atoms with E-state index in [1.165, 1.54) is 33.3 Å². The van der Waals surface area contributed by atoms with Crippen LogP contribution in [0.15, 0.2) is 12.1 Å². The third kappa shape index (κ3) is 2.05. The number of rotatable bonds is 3. The van der Waals surface area contributed by atoms with Crippen molar-refractivity contribution in [3.05, 3.63) is 34.5 Å². The highest BCUT2D eigenvalue weighted by atomic mass is 15.1. The van der Waals surface area contributed by atoms with Gasteiger partial charge in [0.15, 0.2) is 0 Å². The Morgan fingerprint density at radius 2 is 1.85 bits per heavy atom. The lowest BCUT2D eigenvalue weighted by Gasteiger charge is -2.09. The van der Waals surface area contributed by atoms with Gasteiger partial charge < -0.3 is 10.3 Å². The van der Waals surface area contributed by atoms with Crippen molar-refractivity contribution in [2.45, 2.75) is 45.8 Å². The molecule has 3 nitrogen and oxygen atoms in total. The van der Waals surface area contributed by atoms with Crippen LogP contribution in [0.2, 0.25) is 0 Å². The van der Waals surface area contributed by atoms with Gasteiger partial charge in [-0.05, 0) is 55.6 Å². The average molecular weight is 271 g/mol. The predicted octanol–water partition coefficient (Wildman–Crippen LogP) is 2.71. The van der Waals surface area contributed by atoms with Crippen molar-refractivity contribution < 1.29 is 0 Å². The lowest BCUT2D eigenvalue weighted by atomic mass is 9.99. The molecule has 2 heterocycles. The first kappa shape index (κ1) is 13.7. The number of nitrogens with two attached hydrogens (primary N) is 1. The zero-order chi connectivity index (χ0) is 14.4. The van der Waals surface area contributed by atoms with Crippen LogP contribution in [0.5, 0.6) is 0 Å². The second-order valence-electron chi connectivity index (χ2n) is 6.31. The molecule has 2 N–H and O–H groups in total. The van der Waals surface area contributed by atoms with E-state index in [1.807, 2.05) is 0 Å². The molecule has 1 aliphatic heterocycles. The van der Waals surface area contributed by atoms with E-state index in [0.29, 0.717) is 0 Å². The molecule has 1 aromatic carbocycles. The van der Waals surface area contributed by atoms with E-state index in [9.17, 15) is 0 Å². The molecule has 20 heavy (non-hydrogen) atoms. The summed E-state index contributed by atoms with van der Waals surface area (Å²) >= 11 is 0. The Labute approximate surface area is 121 Å². The number of aromatic nitrogens is 1. The summed E-state index contributed by atoms with van der Waals surface area (Å²) in [5.74, 6) is 0. The van der Waals surface area contributed by atoms with E-state index >= 15 is 0 Å². The van der Waals surface area contributed by atoms with Crippen LogP contribution < -0.4 is 5.73 Å². The highest BCUT2D eigenvalue weighted by Crippen LogP contribution is 2.32. The van der Waals surface area contributed by atoms with Crippen LogP contribution in [0.1, 0.15) is 35.7 Å². The monoisotopic (exact) mass is 271 g/mol. The molecule has 108 valence electrons. The first-order valence-electron chi connectivity index (χ1n) is 7.55. The summed E-state index contributed by atoms with van der Waals surface area (Å²) < 4.78 is 2.33. The third-order valence-corrected chi connectivity index (χ3v) is 4.82. The standard InChI is InChI=1S/C17H25N3/c1-5-14(18)8-15-11(2)20(4)17-7-13-10-19(3)9-12(13)6-16(15)17/h6-7,14H,5,8-10,18H2,1-4H3. The molecule has 1 aromatic heterocycles. The lowest BCUT2D eigenvalue weighted by Crippen LogP contribution is -2.21. The number of aryl methyl sites for hydroxylation is 1. The predicted molar refractivity (Wildman–Crippen MR) is 84.8 cm³/mol. The van der Waals surface area contributed by atoms with Gasteiger partial charge in [-0.25, -0.2) is 0 Å². The van der Waals surface area contributed by atoms with Crippen molar-refractivity contribution in [2.75, 3.05) is 7.05 Å². The molecule has 0 amide bonds. The van der Waals surface area contributed by atoms with E-state index in [2.05, 4.69) is 49.5 Å². The van der Waals surface area contributed by atoms with Gasteiger partial charge in [-0.3, -0.25) is 4.90 Å². The summed E-state index contributed by atoms with van der Waals surface area (Å²) in [6.07, 6.45) is 2.01. The van der Waals surface area contributed by atoms with Crippen LogP contribution in [0.25, 0.3) is 10.9 Å². The summed E-state index contributed by atoms with van der Waals surface area (Å²) in [5.41, 5.74) is 13.3. The van der Waals surface area contributed by atoms with Gasteiger partial charge in [-0.1, -0.05) is 6.92 Å². The Morgan fingerprint density at radius 1 is 1.20 bits per heavy atom. The van der Waals surface area contributed by atoms with E-state index in [0.717, 1.165) is 25.9 Å². The average Bonchev–Trinajstić information content (AvgIpc) is 2.89. The molecule has 0 fully saturated rings. The van der Waals surface area contributed by atoms with Crippen LogP contribution in [0, 0.1) is 6.92 Å². The summed E-state index contributed by atoms with van der Waals surface area (Å²) in [6.45, 7) is 6.52. The van der Waals surface area contributed by atoms with E-state index in [4.69, 9.17) is 5.73 Å². The topological polar surface area (TPSA) is 34.2 Å². The number of fused-ring (bicyclic) bond motifs is 2. The molecule has 3 heteroatoms. The molecule has 0 aliphatic carbocycles. The summed E-state index contributed by atoms with van der Waals surface area (Å²) in [6, 6.07) is 5.04. The minimum atomic E-state index is 0.259.